The number of carboxylic acid groups (broad SMARTS) is 1. The van der Waals surface area contributed by atoms with Crippen LogP contribution < -0.4 is 5.32 Å². The van der Waals surface area contributed by atoms with E-state index in [1.165, 1.54) is 42.6 Å². The Hall–Kier alpha value is -3.84. The Morgan fingerprint density at radius 3 is 2.07 bits per heavy atom. The number of nitrogens with one attached hydrogen (secondary N) is 1. The topological polar surface area (TPSA) is 92.2 Å². The van der Waals surface area contributed by atoms with Crippen molar-refractivity contribution in [2.45, 2.75) is 77.2 Å². The van der Waals surface area contributed by atoms with Gasteiger partial charge in [-0.1, -0.05) is 89.1 Å². The molecular formula is C35H39N3O3S. The molecular weight excluding hydrogens is 542 g/mol. The summed E-state index contributed by atoms with van der Waals surface area (Å²) in [4.78, 5) is 35.5. The molecule has 1 amide bonds. The molecule has 1 aliphatic rings. The van der Waals surface area contributed by atoms with E-state index in [9.17, 15) is 14.7 Å². The van der Waals surface area contributed by atoms with Crippen molar-refractivity contribution < 1.29 is 14.7 Å². The van der Waals surface area contributed by atoms with Gasteiger partial charge in [-0.3, -0.25) is 4.79 Å². The number of carboxylic acids is 1. The van der Waals surface area contributed by atoms with Crippen molar-refractivity contribution in [2.24, 2.45) is 5.92 Å². The number of amides is 1. The molecule has 0 saturated heterocycles. The Bertz CT molecular complexity index is 1510. The molecule has 2 heterocycles. The zero-order chi connectivity index (χ0) is 29.9. The first-order chi connectivity index (χ1) is 20.1. The lowest BCUT2D eigenvalue weighted by atomic mass is 9.79. The summed E-state index contributed by atoms with van der Waals surface area (Å²) in [6, 6.07) is 19.0. The van der Waals surface area contributed by atoms with Gasteiger partial charge in [-0.2, -0.15) is 0 Å². The quantitative estimate of drug-likeness (QED) is 0.221. The number of hydrogen-bond acceptors (Lipinski definition) is 5. The van der Waals surface area contributed by atoms with Crippen molar-refractivity contribution >= 4 is 23.2 Å². The Balaban J connectivity index is 1.20. The van der Waals surface area contributed by atoms with Gasteiger partial charge in [0.15, 0.2) is 5.82 Å². The first-order valence-corrected chi connectivity index (χ1v) is 15.5. The predicted molar refractivity (Wildman–Crippen MR) is 169 cm³/mol. The Kier molecular flexibility index (Phi) is 8.88. The van der Waals surface area contributed by atoms with E-state index in [0.717, 1.165) is 33.0 Å². The predicted octanol–water partition coefficient (Wildman–Crippen LogP) is 7.89. The number of aromatic nitrogens is 2. The summed E-state index contributed by atoms with van der Waals surface area (Å²) in [7, 11) is 0. The number of nitrogens with zero attached hydrogens (tertiary/aromatic N) is 2. The van der Waals surface area contributed by atoms with E-state index in [4.69, 9.17) is 0 Å². The Morgan fingerprint density at radius 1 is 0.881 bits per heavy atom. The molecule has 5 rings (SSSR count). The third kappa shape index (κ3) is 7.13. The van der Waals surface area contributed by atoms with Crippen LogP contribution in [0.1, 0.15) is 85.0 Å². The van der Waals surface area contributed by atoms with Crippen LogP contribution in [0, 0.1) is 5.92 Å². The first kappa shape index (κ1) is 29.6. The summed E-state index contributed by atoms with van der Waals surface area (Å²) in [6.45, 7) is 8.60. The van der Waals surface area contributed by atoms with Gasteiger partial charge in [0, 0.05) is 34.8 Å². The van der Waals surface area contributed by atoms with Crippen LogP contribution >= 0.6 is 11.3 Å². The minimum absolute atomic E-state index is 0.0694. The number of carbonyl (C=O) groups excluding carboxylic acids is 1. The highest BCUT2D eigenvalue weighted by atomic mass is 32.1. The van der Waals surface area contributed by atoms with Gasteiger partial charge in [0.25, 0.3) is 5.91 Å². The van der Waals surface area contributed by atoms with Crippen molar-refractivity contribution in [3.8, 4) is 22.5 Å². The number of carbonyl (C=O) groups is 2. The molecule has 1 aliphatic carbocycles. The summed E-state index contributed by atoms with van der Waals surface area (Å²) in [5.41, 5.74) is 5.08. The molecule has 0 unspecified atom stereocenters. The molecule has 0 bridgehead atoms. The Morgan fingerprint density at radius 2 is 1.50 bits per heavy atom. The maximum absolute atomic E-state index is 12.8. The lowest BCUT2D eigenvalue weighted by Crippen LogP contribution is -2.42. The van der Waals surface area contributed by atoms with Crippen LogP contribution in [0.2, 0.25) is 0 Å². The molecule has 2 N–H and O–H groups in total. The van der Waals surface area contributed by atoms with Gasteiger partial charge in [0.1, 0.15) is 6.04 Å². The van der Waals surface area contributed by atoms with Crippen LogP contribution in [0.4, 0.5) is 0 Å². The van der Waals surface area contributed by atoms with E-state index in [-0.39, 0.29) is 17.7 Å². The fraction of sp³-hybridized carbons (Fsp3) is 0.371. The molecule has 0 spiro atoms. The molecule has 2 aromatic heterocycles. The number of benzene rings is 2. The third-order valence-electron chi connectivity index (χ3n) is 8.21. The summed E-state index contributed by atoms with van der Waals surface area (Å²) >= 11 is 1.39. The monoisotopic (exact) mass is 581 g/mol. The summed E-state index contributed by atoms with van der Waals surface area (Å²) in [6.07, 6.45) is 9.04. The molecule has 42 heavy (non-hydrogen) atoms. The number of hydrogen-bond donors (Lipinski definition) is 2. The second-order valence-corrected chi connectivity index (χ2v) is 13.6. The van der Waals surface area contributed by atoms with Crippen LogP contribution in [-0.4, -0.2) is 33.0 Å². The largest absolute Gasteiger partial charge is 0.480 e. The summed E-state index contributed by atoms with van der Waals surface area (Å²) < 4.78 is 0. The molecule has 0 radical (unpaired) electrons. The van der Waals surface area contributed by atoms with Crippen LogP contribution in [0.15, 0.2) is 73.1 Å². The molecule has 7 heteroatoms. The standard InChI is InChI=1S/C35H39N3O3S/c1-22-5-9-24(10-6-22)25-13-15-26(16-14-25)28-20-36-32(37-21-28)27-11-7-23(8-12-27)19-29(34(40)41)38-33(39)30-17-18-31(42-30)35(2,3)4/h7-8,11-18,20-22,24,29H,5-6,9-10,19H2,1-4H3,(H,38,39)(H,40,41)/t22-,24+,29-/m0/s1. The van der Waals surface area contributed by atoms with E-state index in [1.807, 2.05) is 42.7 Å². The molecule has 2 aromatic carbocycles. The second kappa shape index (κ2) is 12.6. The van der Waals surface area contributed by atoms with Gasteiger partial charge in [-0.25, -0.2) is 14.8 Å². The van der Waals surface area contributed by atoms with Crippen molar-refractivity contribution in [3.63, 3.8) is 0 Å². The fourth-order valence-electron chi connectivity index (χ4n) is 5.49. The normalized spacial score (nSPS) is 17.9. The van der Waals surface area contributed by atoms with E-state index >= 15 is 0 Å². The van der Waals surface area contributed by atoms with Crippen molar-refractivity contribution in [3.05, 3.63) is 93.9 Å². The molecule has 1 saturated carbocycles. The van der Waals surface area contributed by atoms with E-state index in [0.29, 0.717) is 16.6 Å². The molecule has 4 aromatic rings. The van der Waals surface area contributed by atoms with E-state index < -0.39 is 12.0 Å². The van der Waals surface area contributed by atoms with E-state index in [1.54, 1.807) is 6.07 Å². The minimum Gasteiger partial charge on any atom is -0.480 e. The first-order valence-electron chi connectivity index (χ1n) is 14.7. The summed E-state index contributed by atoms with van der Waals surface area (Å²) in [5, 5.41) is 12.5. The third-order valence-corrected chi connectivity index (χ3v) is 9.72. The number of thiophene rings is 1. The Labute approximate surface area is 252 Å². The van der Waals surface area contributed by atoms with Crippen molar-refractivity contribution in [1.29, 1.82) is 0 Å². The number of aliphatic carboxylic acids is 1. The van der Waals surface area contributed by atoms with Gasteiger partial charge in [-0.05, 0) is 58.9 Å². The lowest BCUT2D eigenvalue weighted by molar-refractivity contribution is -0.139. The highest BCUT2D eigenvalue weighted by Crippen LogP contribution is 2.36. The highest BCUT2D eigenvalue weighted by Gasteiger charge is 2.24. The smallest absolute Gasteiger partial charge is 0.326 e. The lowest BCUT2D eigenvalue weighted by Gasteiger charge is -2.26. The highest BCUT2D eigenvalue weighted by molar-refractivity contribution is 7.14. The zero-order valence-corrected chi connectivity index (χ0v) is 25.6. The molecule has 0 aliphatic heterocycles. The van der Waals surface area contributed by atoms with Crippen LogP contribution in [0.5, 0.6) is 0 Å². The maximum Gasteiger partial charge on any atom is 0.326 e. The number of rotatable bonds is 8. The van der Waals surface area contributed by atoms with Gasteiger partial charge in [0.05, 0.1) is 4.88 Å². The SMILES string of the molecule is CC(C)(C)c1ccc(C(=O)N[C@@H](Cc2ccc(-c3ncc(-c4ccc([C@H]5CC[C@@H](C)CC5)cc4)cn3)cc2)C(=O)O)s1. The molecule has 1 atom stereocenters. The fourth-order valence-corrected chi connectivity index (χ4v) is 6.45. The molecule has 218 valence electrons. The van der Waals surface area contributed by atoms with Crippen molar-refractivity contribution in [1.82, 2.24) is 15.3 Å². The van der Waals surface area contributed by atoms with Gasteiger partial charge in [-0.15, -0.1) is 11.3 Å². The average Bonchev–Trinajstić information content (AvgIpc) is 3.50. The van der Waals surface area contributed by atoms with Gasteiger partial charge in [0.2, 0.25) is 0 Å². The van der Waals surface area contributed by atoms with Crippen LogP contribution in [-0.2, 0) is 16.6 Å². The zero-order valence-electron chi connectivity index (χ0n) is 24.8. The van der Waals surface area contributed by atoms with E-state index in [2.05, 4.69) is 67.2 Å². The average molecular weight is 582 g/mol. The van der Waals surface area contributed by atoms with Crippen LogP contribution in [0.3, 0.4) is 0 Å². The van der Waals surface area contributed by atoms with Gasteiger partial charge < -0.3 is 10.4 Å². The summed E-state index contributed by atoms with van der Waals surface area (Å²) in [5.74, 6) is 0.683. The maximum atomic E-state index is 12.8. The minimum atomic E-state index is -1.07. The van der Waals surface area contributed by atoms with Gasteiger partial charge >= 0.3 is 5.97 Å². The van der Waals surface area contributed by atoms with Crippen LogP contribution in [0.25, 0.3) is 22.5 Å². The second-order valence-electron chi connectivity index (χ2n) is 12.6. The van der Waals surface area contributed by atoms with Crippen molar-refractivity contribution in [2.75, 3.05) is 0 Å². The molecule has 1 fully saturated rings. The molecule has 6 nitrogen and oxygen atoms in total.